The Kier molecular flexibility index (Phi) is 3.76. The van der Waals surface area contributed by atoms with Gasteiger partial charge in [-0.05, 0) is 35.7 Å². The van der Waals surface area contributed by atoms with Crippen LogP contribution in [0.5, 0.6) is 0 Å². The van der Waals surface area contributed by atoms with Crippen LogP contribution in [0.2, 0.25) is 18.1 Å². The molecule has 1 aromatic rings. The Morgan fingerprint density at radius 3 is 2.12 bits per heavy atom. The highest BCUT2D eigenvalue weighted by molar-refractivity contribution is 6.72. The first-order valence-electron chi connectivity index (χ1n) is 5.70. The molecule has 0 aromatic heterocycles. The lowest BCUT2D eigenvalue weighted by Crippen LogP contribution is -2.40. The Morgan fingerprint density at radius 2 is 1.75 bits per heavy atom. The molecule has 1 rings (SSSR count). The van der Waals surface area contributed by atoms with Crippen molar-refractivity contribution in [2.45, 2.75) is 38.4 Å². The zero-order valence-electron chi connectivity index (χ0n) is 10.7. The predicted octanol–water partition coefficient (Wildman–Crippen LogP) is 3.85. The molecule has 0 amide bonds. The lowest BCUT2D eigenvalue weighted by Gasteiger charge is -2.35. The minimum atomic E-state index is -2.11. The van der Waals surface area contributed by atoms with Crippen LogP contribution in [-0.4, -0.2) is 13.1 Å². The van der Waals surface area contributed by atoms with E-state index in [9.17, 15) is 4.80 Å². The Balaban J connectivity index is 2.84. The molecule has 0 bridgehead atoms. The summed E-state index contributed by atoms with van der Waals surface area (Å²) in [6, 6.07) is 8.40. The van der Waals surface area contributed by atoms with E-state index in [-0.39, 0.29) is 5.04 Å². The van der Waals surface area contributed by atoms with Gasteiger partial charge in [-0.3, -0.25) is 0 Å². The van der Waals surface area contributed by atoms with Crippen LogP contribution in [0.15, 0.2) is 30.8 Å². The molecule has 0 radical (unpaired) electrons. The molecule has 0 unspecified atom stereocenters. The maximum absolute atomic E-state index is 10.2. The Hall–Kier alpha value is -0.863. The van der Waals surface area contributed by atoms with Gasteiger partial charge in [0.1, 0.15) is 0 Å². The summed E-state index contributed by atoms with van der Waals surface area (Å²) in [6.45, 7) is 12.1. The van der Waals surface area contributed by atoms with E-state index in [0.717, 1.165) is 12.0 Å². The molecule has 1 aromatic carbocycles. The summed E-state index contributed by atoms with van der Waals surface area (Å²) in [7, 11) is -2.11. The summed E-state index contributed by atoms with van der Waals surface area (Å²) < 4.78 is 0. The van der Waals surface area contributed by atoms with Crippen molar-refractivity contribution < 1.29 is 4.80 Å². The lowest BCUT2D eigenvalue weighted by atomic mass is 10.0. The van der Waals surface area contributed by atoms with Gasteiger partial charge in [-0.25, -0.2) is 0 Å². The molecule has 0 heterocycles. The highest BCUT2D eigenvalue weighted by Gasteiger charge is 2.37. The first kappa shape index (κ1) is 13.2. The Labute approximate surface area is 100.0 Å². The van der Waals surface area contributed by atoms with E-state index in [0.29, 0.717) is 0 Å². The lowest BCUT2D eigenvalue weighted by molar-refractivity contribution is 0.467. The Bertz CT molecular complexity index is 357. The summed E-state index contributed by atoms with van der Waals surface area (Å²) in [6.07, 6.45) is 2.78. The van der Waals surface area contributed by atoms with Crippen molar-refractivity contribution in [1.82, 2.24) is 0 Å². The van der Waals surface area contributed by atoms with Gasteiger partial charge in [0.2, 0.25) is 0 Å². The third kappa shape index (κ3) is 3.06. The van der Waals surface area contributed by atoms with E-state index < -0.39 is 8.32 Å². The van der Waals surface area contributed by atoms with Gasteiger partial charge in [-0.2, -0.15) is 0 Å². The third-order valence-corrected chi connectivity index (χ3v) is 7.01. The van der Waals surface area contributed by atoms with E-state index in [1.165, 1.54) is 5.56 Å². The van der Waals surface area contributed by atoms with Gasteiger partial charge in [0.05, 0.1) is 0 Å². The molecule has 1 N–H and O–H groups in total. The van der Waals surface area contributed by atoms with Crippen molar-refractivity contribution in [3.63, 3.8) is 0 Å². The molecular weight excluding hydrogens is 212 g/mol. The van der Waals surface area contributed by atoms with Gasteiger partial charge in [-0.15, -0.1) is 0 Å². The molecule has 0 saturated heterocycles. The molecule has 2 heteroatoms. The first-order valence-corrected chi connectivity index (χ1v) is 8.65. The molecule has 1 nitrogen and oxygen atoms in total. The molecule has 0 aliphatic heterocycles. The average Bonchev–Trinajstić information content (AvgIpc) is 2.16. The summed E-state index contributed by atoms with van der Waals surface area (Å²) in [5.41, 5.74) is 2.42. The van der Waals surface area contributed by atoms with Gasteiger partial charge >= 0.3 is 0 Å². The molecule has 0 aliphatic rings. The van der Waals surface area contributed by atoms with Crippen molar-refractivity contribution in [1.29, 1.82) is 0 Å². The fourth-order valence-corrected chi connectivity index (χ4v) is 2.13. The van der Waals surface area contributed by atoms with Crippen molar-refractivity contribution >= 4 is 14.4 Å². The van der Waals surface area contributed by atoms with Gasteiger partial charge in [0.25, 0.3) is 0 Å². The number of rotatable bonds is 4. The molecule has 88 valence electrons. The molecule has 16 heavy (non-hydrogen) atoms. The van der Waals surface area contributed by atoms with Crippen molar-refractivity contribution in [2.24, 2.45) is 0 Å². The van der Waals surface area contributed by atoms with E-state index in [2.05, 4.69) is 44.7 Å². The van der Waals surface area contributed by atoms with Crippen LogP contribution in [0.3, 0.4) is 0 Å². The average molecular weight is 234 g/mol. The zero-order chi connectivity index (χ0) is 12.4. The molecular formula is C14H22OSi. The van der Waals surface area contributed by atoms with Gasteiger partial charge in [0.15, 0.2) is 8.32 Å². The summed E-state index contributed by atoms with van der Waals surface area (Å²) >= 11 is 0. The number of hydrogen-bond donors (Lipinski definition) is 1. The summed E-state index contributed by atoms with van der Waals surface area (Å²) in [4.78, 5) is 10.2. The highest BCUT2D eigenvalue weighted by Crippen LogP contribution is 2.38. The standard InChI is InChI=1S/C14H22OSi/c1-6-12-7-9-13(10-8-12)11-14(2,3)16(4,5)15/h6-10,15H,1,11H2,2-5H3. The third-order valence-electron chi connectivity index (χ3n) is 3.52. The number of hydrogen-bond acceptors (Lipinski definition) is 1. The minimum absolute atomic E-state index is 0.00267. The van der Waals surface area contributed by atoms with Crippen LogP contribution in [0.25, 0.3) is 6.08 Å². The van der Waals surface area contributed by atoms with Gasteiger partial charge in [-0.1, -0.05) is 50.8 Å². The molecule has 0 spiro atoms. The van der Waals surface area contributed by atoms with E-state index >= 15 is 0 Å². The normalized spacial score (nSPS) is 12.6. The van der Waals surface area contributed by atoms with Crippen molar-refractivity contribution in [3.8, 4) is 0 Å². The fraction of sp³-hybridized carbons (Fsp3) is 0.429. The second kappa shape index (κ2) is 4.56. The topological polar surface area (TPSA) is 20.2 Å². The molecule has 0 atom stereocenters. The van der Waals surface area contributed by atoms with Gasteiger partial charge < -0.3 is 4.80 Å². The smallest absolute Gasteiger partial charge is 0.188 e. The van der Waals surface area contributed by atoms with Crippen LogP contribution < -0.4 is 0 Å². The quantitative estimate of drug-likeness (QED) is 0.785. The molecule has 0 aliphatic carbocycles. The second-order valence-corrected chi connectivity index (χ2v) is 10.0. The second-order valence-electron chi connectivity index (χ2n) is 5.57. The SMILES string of the molecule is C=Cc1ccc(CC(C)(C)[Si](C)(C)O)cc1. The van der Waals surface area contributed by atoms with Crippen LogP contribution in [0.1, 0.15) is 25.0 Å². The minimum Gasteiger partial charge on any atom is -0.432 e. The molecule has 0 saturated carbocycles. The fourth-order valence-electron chi connectivity index (χ4n) is 1.50. The highest BCUT2D eigenvalue weighted by atomic mass is 28.4. The first-order chi connectivity index (χ1) is 7.26. The van der Waals surface area contributed by atoms with Crippen LogP contribution in [0.4, 0.5) is 0 Å². The van der Waals surface area contributed by atoms with Crippen LogP contribution >= 0.6 is 0 Å². The van der Waals surface area contributed by atoms with E-state index in [4.69, 9.17) is 0 Å². The Morgan fingerprint density at radius 1 is 1.25 bits per heavy atom. The molecule has 0 fully saturated rings. The van der Waals surface area contributed by atoms with Crippen molar-refractivity contribution in [2.75, 3.05) is 0 Å². The summed E-state index contributed by atoms with van der Waals surface area (Å²) in [5.74, 6) is 0. The van der Waals surface area contributed by atoms with E-state index in [1.807, 2.05) is 19.2 Å². The van der Waals surface area contributed by atoms with Gasteiger partial charge in [0, 0.05) is 0 Å². The zero-order valence-corrected chi connectivity index (χ0v) is 11.7. The largest absolute Gasteiger partial charge is 0.432 e. The maximum atomic E-state index is 10.2. The number of benzene rings is 1. The van der Waals surface area contributed by atoms with Crippen molar-refractivity contribution in [3.05, 3.63) is 42.0 Å². The predicted molar refractivity (Wildman–Crippen MR) is 74.0 cm³/mol. The summed E-state index contributed by atoms with van der Waals surface area (Å²) in [5, 5.41) is 0.00267. The maximum Gasteiger partial charge on any atom is 0.188 e. The van der Waals surface area contributed by atoms with E-state index in [1.54, 1.807) is 0 Å². The monoisotopic (exact) mass is 234 g/mol. The van der Waals surface area contributed by atoms with Crippen LogP contribution in [-0.2, 0) is 6.42 Å². The van der Waals surface area contributed by atoms with Crippen LogP contribution in [0, 0.1) is 0 Å².